The van der Waals surface area contributed by atoms with Gasteiger partial charge in [0.25, 0.3) is 9.84 Å². The van der Waals surface area contributed by atoms with E-state index in [9.17, 15) is 26.0 Å². The van der Waals surface area contributed by atoms with Gasteiger partial charge in [0.2, 0.25) is 12.3 Å². The Labute approximate surface area is 173 Å². The van der Waals surface area contributed by atoms with Gasteiger partial charge in [-0.3, -0.25) is 0 Å². The summed E-state index contributed by atoms with van der Waals surface area (Å²) in [6, 6.07) is 6.63. The van der Waals surface area contributed by atoms with Crippen LogP contribution in [-0.2, 0) is 9.84 Å². The van der Waals surface area contributed by atoms with Gasteiger partial charge in [0.15, 0.2) is 0 Å². The number of benzene rings is 2. The van der Waals surface area contributed by atoms with E-state index in [1.807, 2.05) is 0 Å². The molecule has 2 aromatic carbocycles. The van der Waals surface area contributed by atoms with Crippen molar-refractivity contribution in [3.63, 3.8) is 0 Å². The van der Waals surface area contributed by atoms with Gasteiger partial charge in [-0.05, 0) is 37.3 Å². The van der Waals surface area contributed by atoms with Crippen molar-refractivity contribution in [2.24, 2.45) is 0 Å². The second-order valence-corrected chi connectivity index (χ2v) is 7.96. The van der Waals surface area contributed by atoms with Crippen molar-refractivity contribution in [1.29, 1.82) is 5.26 Å². The number of aromatic nitrogens is 2. The molecule has 3 aromatic rings. The summed E-state index contributed by atoms with van der Waals surface area (Å²) in [5, 5.41) is 15.9. The lowest BCUT2D eigenvalue weighted by molar-refractivity contribution is -0.0436. The second-order valence-electron chi connectivity index (χ2n) is 6.05. The normalized spacial score (nSPS) is 12.1. The largest absolute Gasteiger partial charge is 0.501 e. The molecule has 0 radical (unpaired) electrons. The van der Waals surface area contributed by atoms with Crippen LogP contribution in [-0.4, -0.2) is 24.1 Å². The van der Waals surface area contributed by atoms with E-state index >= 15 is 0 Å². The highest BCUT2D eigenvalue weighted by Crippen LogP contribution is 2.38. The minimum absolute atomic E-state index is 0.00357. The molecule has 0 saturated heterocycles. The molecule has 0 aliphatic heterocycles. The van der Waals surface area contributed by atoms with Crippen molar-refractivity contribution >= 4 is 22.0 Å². The lowest BCUT2D eigenvalue weighted by atomic mass is 10.1. The molecular weight excluding hydrogens is 442 g/mol. The van der Waals surface area contributed by atoms with E-state index in [0.717, 1.165) is 42.8 Å². The molecule has 0 aliphatic rings. The number of alkyl halides is 3. The van der Waals surface area contributed by atoms with Crippen LogP contribution >= 0.6 is 0 Å². The van der Waals surface area contributed by atoms with Gasteiger partial charge in [0, 0.05) is 23.3 Å². The number of nitriles is 1. The molecule has 0 bridgehead atoms. The Balaban J connectivity index is 2.15. The van der Waals surface area contributed by atoms with Crippen LogP contribution in [0.5, 0.6) is 11.5 Å². The molecule has 0 spiro atoms. The Kier molecular flexibility index (Phi) is 5.81. The Bertz CT molecular complexity index is 1290. The molecule has 12 heteroatoms. The number of hydrogen-bond acceptors (Lipinski definition) is 7. The van der Waals surface area contributed by atoms with E-state index in [-0.39, 0.29) is 34.1 Å². The van der Waals surface area contributed by atoms with E-state index in [4.69, 9.17) is 14.4 Å². The molecule has 0 fully saturated rings. The van der Waals surface area contributed by atoms with Crippen molar-refractivity contribution < 1.29 is 35.1 Å². The number of nitrogens with zero attached hydrogens (tertiary/aromatic N) is 3. The first kappa shape index (κ1) is 22.0. The topological polar surface area (TPSA) is 106 Å². The van der Waals surface area contributed by atoms with Crippen molar-refractivity contribution in [2.45, 2.75) is 17.3 Å². The highest BCUT2D eigenvalue weighted by atomic mass is 32.2. The molecule has 0 saturated carbocycles. The van der Waals surface area contributed by atoms with Gasteiger partial charge >= 0.3 is 5.51 Å². The fourth-order valence-electron chi connectivity index (χ4n) is 2.58. The zero-order valence-electron chi connectivity index (χ0n) is 15.5. The molecule has 31 heavy (non-hydrogen) atoms. The monoisotopic (exact) mass is 453 g/mol. The quantitative estimate of drug-likeness (QED) is 0.518. The summed E-state index contributed by atoms with van der Waals surface area (Å²) in [5.74, 6) is -0.997. The van der Waals surface area contributed by atoms with Crippen molar-refractivity contribution in [2.75, 3.05) is 0 Å². The van der Waals surface area contributed by atoms with Crippen molar-refractivity contribution in [3.8, 4) is 17.6 Å². The van der Waals surface area contributed by atoms with Gasteiger partial charge in [-0.25, -0.2) is 12.8 Å². The summed E-state index contributed by atoms with van der Waals surface area (Å²) in [6.07, 6.45) is 3.17. The van der Waals surface area contributed by atoms with Crippen LogP contribution < -0.4 is 4.74 Å². The van der Waals surface area contributed by atoms with Crippen LogP contribution in [0.25, 0.3) is 12.2 Å². The highest BCUT2D eigenvalue weighted by Gasteiger charge is 2.48. The number of ether oxygens (including phenoxy) is 1. The molecule has 0 unspecified atom stereocenters. The molecule has 1 aromatic heterocycles. The summed E-state index contributed by atoms with van der Waals surface area (Å²) in [5.41, 5.74) is -5.92. The number of halogens is 4. The Hall–Kier alpha value is -3.72. The summed E-state index contributed by atoms with van der Waals surface area (Å²) in [7, 11) is -5.70. The molecule has 1 heterocycles. The third kappa shape index (κ3) is 4.56. The molecule has 0 atom stereocenters. The van der Waals surface area contributed by atoms with Gasteiger partial charge in [0.1, 0.15) is 17.3 Å². The highest BCUT2D eigenvalue weighted by molar-refractivity contribution is 7.92. The summed E-state index contributed by atoms with van der Waals surface area (Å²) >= 11 is 0. The van der Waals surface area contributed by atoms with Crippen LogP contribution in [0.2, 0.25) is 0 Å². The van der Waals surface area contributed by atoms with Crippen molar-refractivity contribution in [1.82, 2.24) is 10.2 Å². The average Bonchev–Trinajstić information content (AvgIpc) is 3.20. The molecule has 0 N–H and O–H groups in total. The van der Waals surface area contributed by atoms with E-state index in [0.29, 0.717) is 0 Å². The first-order valence-electron chi connectivity index (χ1n) is 8.30. The number of sulfone groups is 1. The van der Waals surface area contributed by atoms with Crippen LogP contribution in [0.4, 0.5) is 17.6 Å². The first-order chi connectivity index (χ1) is 14.5. The molecule has 160 valence electrons. The predicted molar refractivity (Wildman–Crippen MR) is 98.8 cm³/mol. The van der Waals surface area contributed by atoms with E-state index in [1.54, 1.807) is 6.07 Å². The smallest absolute Gasteiger partial charge is 0.457 e. The first-order valence-corrected chi connectivity index (χ1v) is 9.79. The lowest BCUT2D eigenvalue weighted by Gasteiger charge is -2.16. The summed E-state index contributed by atoms with van der Waals surface area (Å²) < 4.78 is 87.6. The van der Waals surface area contributed by atoms with Gasteiger partial charge in [-0.2, -0.15) is 18.4 Å². The predicted octanol–water partition coefficient (Wildman–Crippen LogP) is 4.65. The third-order valence-corrected chi connectivity index (χ3v) is 5.56. The number of hydrogen-bond donors (Lipinski definition) is 0. The molecule has 7 nitrogen and oxygen atoms in total. The Morgan fingerprint density at radius 2 is 1.94 bits per heavy atom. The Morgan fingerprint density at radius 1 is 1.19 bits per heavy atom. The maximum absolute atomic E-state index is 13.7. The molecule has 0 amide bonds. The molecule has 3 rings (SSSR count). The van der Waals surface area contributed by atoms with Crippen LogP contribution in [0, 0.1) is 24.1 Å². The lowest BCUT2D eigenvalue weighted by Crippen LogP contribution is -2.24. The zero-order chi connectivity index (χ0) is 22.8. The summed E-state index contributed by atoms with van der Waals surface area (Å²) in [6.45, 7) is 1.32. The average molecular weight is 453 g/mol. The standard InChI is InChI=1S/C19H11F4N3O4S/c1-11-15(2-5-18-26-25-10-29-18)17(31(27,28)19(21,22)23)4-3-16(11)30-14-7-12(9-24)6-13(20)8-14/h2-8,10H,1H3/b5-2+. The van der Waals surface area contributed by atoms with Crippen LogP contribution in [0.15, 0.2) is 46.0 Å². The van der Waals surface area contributed by atoms with Crippen molar-refractivity contribution in [3.05, 3.63) is 65.1 Å². The fourth-order valence-corrected chi connectivity index (χ4v) is 3.59. The maximum Gasteiger partial charge on any atom is 0.501 e. The van der Waals surface area contributed by atoms with E-state index in [2.05, 4.69) is 10.2 Å². The second kappa shape index (κ2) is 8.19. The zero-order valence-corrected chi connectivity index (χ0v) is 16.3. The molecule has 0 aliphatic carbocycles. The SMILES string of the molecule is Cc1c(Oc2cc(F)cc(C#N)c2)ccc(S(=O)(=O)C(F)(F)F)c1/C=C/c1nnco1. The van der Waals surface area contributed by atoms with Crippen LogP contribution in [0.1, 0.15) is 22.6 Å². The third-order valence-electron chi connectivity index (χ3n) is 4.02. The van der Waals surface area contributed by atoms with Gasteiger partial charge in [0.05, 0.1) is 16.5 Å². The Morgan fingerprint density at radius 3 is 2.55 bits per heavy atom. The number of rotatable bonds is 5. The van der Waals surface area contributed by atoms with E-state index < -0.39 is 26.1 Å². The minimum atomic E-state index is -5.70. The fraction of sp³-hybridized carbons (Fsp3) is 0.105. The maximum atomic E-state index is 13.7. The van der Waals surface area contributed by atoms with Gasteiger partial charge < -0.3 is 9.15 Å². The van der Waals surface area contributed by atoms with E-state index in [1.165, 1.54) is 13.0 Å². The van der Waals surface area contributed by atoms with Crippen LogP contribution in [0.3, 0.4) is 0 Å². The minimum Gasteiger partial charge on any atom is -0.457 e. The summed E-state index contributed by atoms with van der Waals surface area (Å²) in [4.78, 5) is -1.02. The molecular formula is C19H11F4N3O4S. The van der Waals surface area contributed by atoms with Gasteiger partial charge in [-0.15, -0.1) is 10.2 Å². The van der Waals surface area contributed by atoms with Gasteiger partial charge in [-0.1, -0.05) is 0 Å².